The number of rotatable bonds is 0. The molecule has 0 aliphatic heterocycles. The van der Waals surface area contributed by atoms with Gasteiger partial charge in [0.15, 0.2) is 0 Å². The van der Waals surface area contributed by atoms with Crippen molar-refractivity contribution in [3.8, 4) is 0 Å². The van der Waals surface area contributed by atoms with Crippen LogP contribution in [-0.4, -0.2) is 4.98 Å². The Hall–Kier alpha value is -1.77. The molecule has 0 saturated carbocycles. The van der Waals surface area contributed by atoms with Crippen molar-refractivity contribution in [3.05, 3.63) is 40.2 Å². The lowest BCUT2D eigenvalue weighted by atomic mass is 10.1. The summed E-state index contributed by atoms with van der Waals surface area (Å²) in [5.74, 6) is 0. The second-order valence-corrected chi connectivity index (χ2v) is 3.14. The van der Waals surface area contributed by atoms with Crippen LogP contribution in [0.5, 0.6) is 0 Å². The molecule has 3 N–H and O–H groups in total. The normalized spacial score (nSPS) is 10.5. The molecule has 0 bridgehead atoms. The van der Waals surface area contributed by atoms with Crippen LogP contribution in [0.4, 0.5) is 5.69 Å². The molecule has 0 atom stereocenters. The van der Waals surface area contributed by atoms with Crippen LogP contribution in [-0.2, 0) is 0 Å². The molecule has 0 radical (unpaired) electrons. The number of aryl methyl sites for hydroxylation is 1. The van der Waals surface area contributed by atoms with E-state index in [1.165, 1.54) is 6.07 Å². The van der Waals surface area contributed by atoms with Gasteiger partial charge in [0.05, 0.1) is 11.2 Å². The smallest absolute Gasteiger partial charge is 0.248 e. The number of hydrogen-bond acceptors (Lipinski definition) is 2. The number of aromatic amines is 1. The third kappa shape index (κ3) is 1.28. The molecule has 1 aromatic heterocycles. The summed E-state index contributed by atoms with van der Waals surface area (Å²) < 4.78 is 0. The van der Waals surface area contributed by atoms with E-state index in [-0.39, 0.29) is 5.56 Å². The first-order chi connectivity index (χ1) is 6.16. The molecule has 13 heavy (non-hydrogen) atoms. The lowest BCUT2D eigenvalue weighted by Crippen LogP contribution is -2.04. The number of benzene rings is 1. The van der Waals surface area contributed by atoms with Gasteiger partial charge in [-0.3, -0.25) is 4.79 Å². The highest BCUT2D eigenvalue weighted by Gasteiger charge is 1.99. The van der Waals surface area contributed by atoms with Gasteiger partial charge in [0, 0.05) is 11.5 Å². The van der Waals surface area contributed by atoms with E-state index in [2.05, 4.69) is 4.98 Å². The van der Waals surface area contributed by atoms with Gasteiger partial charge in [-0.25, -0.2) is 0 Å². The zero-order valence-corrected chi connectivity index (χ0v) is 7.29. The number of aromatic nitrogens is 1. The third-order valence-electron chi connectivity index (χ3n) is 2.01. The quantitative estimate of drug-likeness (QED) is 0.593. The van der Waals surface area contributed by atoms with Crippen LogP contribution < -0.4 is 11.3 Å². The SMILES string of the molecule is Cc1cc(N)c2[nH]c(=O)ccc2c1. The second-order valence-electron chi connectivity index (χ2n) is 3.14. The second kappa shape index (κ2) is 2.62. The Morgan fingerprint density at radius 1 is 1.31 bits per heavy atom. The number of pyridine rings is 1. The molecular formula is C10H10N2O. The Morgan fingerprint density at radius 2 is 2.08 bits per heavy atom. The van der Waals surface area contributed by atoms with E-state index >= 15 is 0 Å². The van der Waals surface area contributed by atoms with Crippen molar-refractivity contribution in [1.82, 2.24) is 4.98 Å². The van der Waals surface area contributed by atoms with Gasteiger partial charge < -0.3 is 10.7 Å². The molecule has 1 aromatic carbocycles. The van der Waals surface area contributed by atoms with E-state index in [1.807, 2.05) is 19.1 Å². The van der Waals surface area contributed by atoms with Crippen molar-refractivity contribution in [3.63, 3.8) is 0 Å². The highest BCUT2D eigenvalue weighted by Crippen LogP contribution is 2.18. The van der Waals surface area contributed by atoms with Gasteiger partial charge in [-0.1, -0.05) is 0 Å². The van der Waals surface area contributed by atoms with Gasteiger partial charge in [-0.15, -0.1) is 0 Å². The van der Waals surface area contributed by atoms with Crippen LogP contribution in [0.15, 0.2) is 29.1 Å². The number of hydrogen-bond donors (Lipinski definition) is 2. The van der Waals surface area contributed by atoms with Crippen LogP contribution in [0.3, 0.4) is 0 Å². The molecule has 2 aromatic rings. The van der Waals surface area contributed by atoms with E-state index in [4.69, 9.17) is 5.73 Å². The van der Waals surface area contributed by atoms with Crippen molar-refractivity contribution >= 4 is 16.6 Å². The zero-order chi connectivity index (χ0) is 9.42. The lowest BCUT2D eigenvalue weighted by molar-refractivity contribution is 1.30. The zero-order valence-electron chi connectivity index (χ0n) is 7.29. The number of nitrogens with one attached hydrogen (secondary N) is 1. The van der Waals surface area contributed by atoms with Crippen LogP contribution in [0.2, 0.25) is 0 Å². The topological polar surface area (TPSA) is 58.9 Å². The number of anilines is 1. The third-order valence-corrected chi connectivity index (χ3v) is 2.01. The van der Waals surface area contributed by atoms with Crippen LogP contribution >= 0.6 is 0 Å². The first kappa shape index (κ1) is 7.86. The molecule has 3 heteroatoms. The molecule has 0 unspecified atom stereocenters. The van der Waals surface area contributed by atoms with E-state index in [0.29, 0.717) is 5.69 Å². The Kier molecular flexibility index (Phi) is 1.59. The maximum atomic E-state index is 11.0. The van der Waals surface area contributed by atoms with Crippen LogP contribution in [0.1, 0.15) is 5.56 Å². The highest BCUT2D eigenvalue weighted by atomic mass is 16.1. The molecule has 0 saturated heterocycles. The highest BCUT2D eigenvalue weighted by molar-refractivity contribution is 5.89. The largest absolute Gasteiger partial charge is 0.397 e. The molecule has 2 rings (SSSR count). The summed E-state index contributed by atoms with van der Waals surface area (Å²) in [7, 11) is 0. The number of nitrogens with two attached hydrogens (primary N) is 1. The summed E-state index contributed by atoms with van der Waals surface area (Å²) in [6.45, 7) is 1.97. The first-order valence-corrected chi connectivity index (χ1v) is 4.06. The molecule has 0 spiro atoms. The van der Waals surface area contributed by atoms with E-state index in [9.17, 15) is 4.79 Å². The minimum absolute atomic E-state index is 0.122. The fourth-order valence-electron chi connectivity index (χ4n) is 1.45. The van der Waals surface area contributed by atoms with Gasteiger partial charge in [-0.05, 0) is 30.7 Å². The average molecular weight is 174 g/mol. The maximum Gasteiger partial charge on any atom is 0.248 e. The molecule has 66 valence electrons. The van der Waals surface area contributed by atoms with Crippen LogP contribution in [0.25, 0.3) is 10.9 Å². The molecule has 0 aliphatic carbocycles. The van der Waals surface area contributed by atoms with Crippen molar-refractivity contribution in [1.29, 1.82) is 0 Å². The fourth-order valence-corrected chi connectivity index (χ4v) is 1.45. The van der Waals surface area contributed by atoms with Crippen molar-refractivity contribution in [2.45, 2.75) is 6.92 Å². The lowest BCUT2D eigenvalue weighted by Gasteiger charge is -2.02. The van der Waals surface area contributed by atoms with E-state index < -0.39 is 0 Å². The molecular weight excluding hydrogens is 164 g/mol. The van der Waals surface area contributed by atoms with E-state index in [1.54, 1.807) is 6.07 Å². The Bertz CT molecular complexity index is 514. The van der Waals surface area contributed by atoms with Gasteiger partial charge in [0.2, 0.25) is 5.56 Å². The summed E-state index contributed by atoms with van der Waals surface area (Å²) in [5, 5.41) is 0.970. The number of fused-ring (bicyclic) bond motifs is 1. The van der Waals surface area contributed by atoms with Gasteiger partial charge in [-0.2, -0.15) is 0 Å². The summed E-state index contributed by atoms with van der Waals surface area (Å²) in [5.41, 5.74) is 8.07. The predicted octanol–water partition coefficient (Wildman–Crippen LogP) is 1.42. The molecule has 0 aliphatic rings. The van der Waals surface area contributed by atoms with Gasteiger partial charge in [0.25, 0.3) is 0 Å². The first-order valence-electron chi connectivity index (χ1n) is 4.06. The Balaban J connectivity index is 2.95. The number of H-pyrrole nitrogens is 1. The predicted molar refractivity (Wildman–Crippen MR) is 53.7 cm³/mol. The number of nitrogen functional groups attached to an aromatic ring is 1. The summed E-state index contributed by atoms with van der Waals surface area (Å²) in [6.07, 6.45) is 0. The van der Waals surface area contributed by atoms with Crippen molar-refractivity contribution < 1.29 is 0 Å². The molecule has 0 fully saturated rings. The maximum absolute atomic E-state index is 11.0. The molecule has 3 nitrogen and oxygen atoms in total. The van der Waals surface area contributed by atoms with Gasteiger partial charge in [0.1, 0.15) is 0 Å². The minimum Gasteiger partial charge on any atom is -0.397 e. The minimum atomic E-state index is -0.122. The Labute approximate surface area is 75.2 Å². The van der Waals surface area contributed by atoms with Crippen molar-refractivity contribution in [2.24, 2.45) is 0 Å². The fraction of sp³-hybridized carbons (Fsp3) is 0.100. The molecule has 1 heterocycles. The van der Waals surface area contributed by atoms with Crippen molar-refractivity contribution in [2.75, 3.05) is 5.73 Å². The Morgan fingerprint density at radius 3 is 2.85 bits per heavy atom. The standard InChI is InChI=1S/C10H10N2O/c1-6-4-7-2-3-9(13)12-10(7)8(11)5-6/h2-5H,11H2,1H3,(H,12,13). The average Bonchev–Trinajstić information content (AvgIpc) is 2.06. The van der Waals surface area contributed by atoms with Gasteiger partial charge >= 0.3 is 0 Å². The van der Waals surface area contributed by atoms with E-state index in [0.717, 1.165) is 16.5 Å². The van der Waals surface area contributed by atoms with Crippen LogP contribution in [0, 0.1) is 6.92 Å². The summed E-state index contributed by atoms with van der Waals surface area (Å²) >= 11 is 0. The molecule has 0 amide bonds. The summed E-state index contributed by atoms with van der Waals surface area (Å²) in [6, 6.07) is 7.11. The summed E-state index contributed by atoms with van der Waals surface area (Å²) in [4.78, 5) is 13.7. The monoisotopic (exact) mass is 174 g/mol.